The Morgan fingerprint density at radius 3 is 1.38 bits per heavy atom. The fourth-order valence-electron chi connectivity index (χ4n) is 2.17. The Morgan fingerprint density at radius 1 is 0.654 bits per heavy atom. The van der Waals surface area contributed by atoms with Gasteiger partial charge in [0, 0.05) is 46.5 Å². The second-order valence-electron chi connectivity index (χ2n) is 5.03. The standard InChI is InChI=1S/C18H14N2O6/c21-15(7-9-17(23)24)19-13-5-1-3-11-12(13)4-2-6-14(11)20-16(22)8-10-18(25)26/h1-10H,(H,19,21)(H,20,22)(H,23,24)(H,25,26)/b9-7+,10-8+. The highest BCUT2D eigenvalue weighted by atomic mass is 16.4. The predicted octanol–water partition coefficient (Wildman–Crippen LogP) is 2.00. The maximum absolute atomic E-state index is 11.8. The Kier molecular flexibility index (Phi) is 5.83. The molecule has 0 fully saturated rings. The van der Waals surface area contributed by atoms with Gasteiger partial charge in [0.1, 0.15) is 0 Å². The van der Waals surface area contributed by atoms with Crippen molar-refractivity contribution in [1.29, 1.82) is 0 Å². The average Bonchev–Trinajstić information content (AvgIpc) is 2.59. The molecule has 8 heteroatoms. The van der Waals surface area contributed by atoms with Crippen molar-refractivity contribution in [3.63, 3.8) is 0 Å². The molecule has 2 amide bonds. The van der Waals surface area contributed by atoms with Crippen molar-refractivity contribution in [2.24, 2.45) is 0 Å². The van der Waals surface area contributed by atoms with E-state index >= 15 is 0 Å². The quantitative estimate of drug-likeness (QED) is 0.587. The number of hydrogen-bond donors (Lipinski definition) is 4. The molecule has 0 aliphatic carbocycles. The van der Waals surface area contributed by atoms with E-state index < -0.39 is 23.8 Å². The van der Waals surface area contributed by atoms with Crippen LogP contribution in [0.2, 0.25) is 0 Å². The molecule has 2 aromatic carbocycles. The van der Waals surface area contributed by atoms with Crippen molar-refractivity contribution in [3.05, 3.63) is 60.7 Å². The number of benzene rings is 2. The Labute approximate surface area is 147 Å². The predicted molar refractivity (Wildman–Crippen MR) is 94.8 cm³/mol. The normalized spacial score (nSPS) is 10.9. The zero-order valence-electron chi connectivity index (χ0n) is 13.3. The van der Waals surface area contributed by atoms with Crippen LogP contribution in [-0.4, -0.2) is 34.0 Å². The Bertz CT molecular complexity index is 869. The average molecular weight is 354 g/mol. The summed E-state index contributed by atoms with van der Waals surface area (Å²) in [4.78, 5) is 44.5. The van der Waals surface area contributed by atoms with Crippen LogP contribution in [0.1, 0.15) is 0 Å². The van der Waals surface area contributed by atoms with Gasteiger partial charge in [-0.15, -0.1) is 0 Å². The Hall–Kier alpha value is -3.94. The molecule has 0 aromatic heterocycles. The van der Waals surface area contributed by atoms with E-state index in [1.54, 1.807) is 36.4 Å². The lowest BCUT2D eigenvalue weighted by Crippen LogP contribution is -2.10. The van der Waals surface area contributed by atoms with Crippen LogP contribution in [0.4, 0.5) is 11.4 Å². The van der Waals surface area contributed by atoms with Crippen LogP contribution in [0.25, 0.3) is 10.8 Å². The molecular formula is C18H14N2O6. The third-order valence-electron chi connectivity index (χ3n) is 3.19. The van der Waals surface area contributed by atoms with Crippen LogP contribution >= 0.6 is 0 Å². The molecule has 0 saturated carbocycles. The van der Waals surface area contributed by atoms with Gasteiger partial charge in [-0.25, -0.2) is 9.59 Å². The molecule has 0 unspecified atom stereocenters. The molecule has 0 heterocycles. The minimum absolute atomic E-state index is 0.430. The molecule has 0 aliphatic rings. The van der Waals surface area contributed by atoms with Crippen LogP contribution in [0.3, 0.4) is 0 Å². The van der Waals surface area contributed by atoms with Gasteiger partial charge in [-0.3, -0.25) is 9.59 Å². The molecule has 8 nitrogen and oxygen atoms in total. The molecule has 0 saturated heterocycles. The largest absolute Gasteiger partial charge is 0.478 e. The number of hydrogen-bond acceptors (Lipinski definition) is 4. The summed E-state index contributed by atoms with van der Waals surface area (Å²) in [5.74, 6) is -3.70. The van der Waals surface area contributed by atoms with Crippen molar-refractivity contribution in [3.8, 4) is 0 Å². The highest BCUT2D eigenvalue weighted by Crippen LogP contribution is 2.29. The van der Waals surface area contributed by atoms with Gasteiger partial charge in [0.2, 0.25) is 11.8 Å². The highest BCUT2D eigenvalue weighted by Gasteiger charge is 2.08. The summed E-state index contributed by atoms with van der Waals surface area (Å²) in [5, 5.41) is 23.5. The van der Waals surface area contributed by atoms with Crippen molar-refractivity contribution in [1.82, 2.24) is 0 Å². The molecule has 0 radical (unpaired) electrons. The number of rotatable bonds is 6. The maximum Gasteiger partial charge on any atom is 0.328 e. The lowest BCUT2D eigenvalue weighted by atomic mass is 10.1. The highest BCUT2D eigenvalue weighted by molar-refractivity contribution is 6.12. The topological polar surface area (TPSA) is 133 Å². The SMILES string of the molecule is O=C(O)/C=C/C(=O)Nc1cccc2c(NC(=O)/C=C/C(=O)O)cccc12. The van der Waals surface area contributed by atoms with Crippen molar-refractivity contribution in [2.45, 2.75) is 0 Å². The zero-order chi connectivity index (χ0) is 19.1. The van der Waals surface area contributed by atoms with Crippen LogP contribution in [-0.2, 0) is 19.2 Å². The Balaban J connectivity index is 2.30. The smallest absolute Gasteiger partial charge is 0.328 e. The molecule has 26 heavy (non-hydrogen) atoms. The van der Waals surface area contributed by atoms with E-state index in [4.69, 9.17) is 10.2 Å². The summed E-state index contributed by atoms with van der Waals surface area (Å²) in [6.45, 7) is 0. The van der Waals surface area contributed by atoms with Gasteiger partial charge in [0.05, 0.1) is 0 Å². The maximum atomic E-state index is 11.8. The molecular weight excluding hydrogens is 340 g/mol. The van der Waals surface area contributed by atoms with Gasteiger partial charge in [-0.2, -0.15) is 0 Å². The number of carbonyl (C=O) groups excluding carboxylic acids is 2. The molecule has 2 rings (SSSR count). The number of amides is 2. The minimum Gasteiger partial charge on any atom is -0.478 e. The zero-order valence-corrected chi connectivity index (χ0v) is 13.3. The van der Waals surface area contributed by atoms with E-state index in [1.165, 1.54) is 0 Å². The van der Waals surface area contributed by atoms with Crippen LogP contribution in [0.15, 0.2) is 60.7 Å². The van der Waals surface area contributed by atoms with Gasteiger partial charge >= 0.3 is 11.9 Å². The van der Waals surface area contributed by atoms with E-state index in [0.29, 0.717) is 22.1 Å². The van der Waals surface area contributed by atoms with Gasteiger partial charge in [0.25, 0.3) is 0 Å². The number of nitrogens with one attached hydrogen (secondary N) is 2. The first-order chi connectivity index (χ1) is 12.4. The van der Waals surface area contributed by atoms with Crippen molar-refractivity contribution < 1.29 is 29.4 Å². The summed E-state index contributed by atoms with van der Waals surface area (Å²) in [6, 6.07) is 10.0. The van der Waals surface area contributed by atoms with Gasteiger partial charge in [-0.1, -0.05) is 24.3 Å². The molecule has 0 spiro atoms. The van der Waals surface area contributed by atoms with E-state index in [-0.39, 0.29) is 0 Å². The monoisotopic (exact) mass is 354 g/mol. The van der Waals surface area contributed by atoms with E-state index in [1.807, 2.05) is 0 Å². The van der Waals surface area contributed by atoms with E-state index in [9.17, 15) is 19.2 Å². The fraction of sp³-hybridized carbons (Fsp3) is 0. The number of carboxylic acids is 2. The molecule has 0 bridgehead atoms. The third-order valence-corrected chi connectivity index (χ3v) is 3.19. The van der Waals surface area contributed by atoms with Crippen LogP contribution in [0.5, 0.6) is 0 Å². The number of fused-ring (bicyclic) bond motifs is 1. The molecule has 4 N–H and O–H groups in total. The molecule has 0 aliphatic heterocycles. The summed E-state index contributed by atoms with van der Waals surface area (Å²) in [5.41, 5.74) is 0.861. The third kappa shape index (κ3) is 5.03. The number of aliphatic carboxylic acids is 2. The van der Waals surface area contributed by atoms with Crippen LogP contribution < -0.4 is 10.6 Å². The number of carboxylic acid groups (broad SMARTS) is 2. The fourth-order valence-corrected chi connectivity index (χ4v) is 2.17. The summed E-state index contributed by atoms with van der Waals surface area (Å²) in [6.07, 6.45) is 3.23. The Morgan fingerprint density at radius 2 is 1.04 bits per heavy atom. The van der Waals surface area contributed by atoms with Crippen LogP contribution in [0, 0.1) is 0 Å². The first kappa shape index (κ1) is 18.4. The first-order valence-corrected chi connectivity index (χ1v) is 7.32. The first-order valence-electron chi connectivity index (χ1n) is 7.32. The number of carbonyl (C=O) groups is 4. The molecule has 0 atom stereocenters. The molecule has 132 valence electrons. The summed E-state index contributed by atoms with van der Waals surface area (Å²) < 4.78 is 0. The van der Waals surface area contributed by atoms with Gasteiger partial charge < -0.3 is 20.8 Å². The van der Waals surface area contributed by atoms with Crippen molar-refractivity contribution >= 4 is 45.9 Å². The van der Waals surface area contributed by atoms with E-state index in [2.05, 4.69) is 10.6 Å². The lowest BCUT2D eigenvalue weighted by molar-refractivity contribution is -0.132. The molecule has 2 aromatic rings. The van der Waals surface area contributed by atoms with Gasteiger partial charge in [-0.05, 0) is 12.1 Å². The van der Waals surface area contributed by atoms with Crippen molar-refractivity contribution in [2.75, 3.05) is 10.6 Å². The lowest BCUT2D eigenvalue weighted by Gasteiger charge is -2.11. The minimum atomic E-state index is -1.24. The van der Waals surface area contributed by atoms with E-state index in [0.717, 1.165) is 24.3 Å². The number of anilines is 2. The van der Waals surface area contributed by atoms with Gasteiger partial charge in [0.15, 0.2) is 0 Å². The second-order valence-corrected chi connectivity index (χ2v) is 5.03. The summed E-state index contributed by atoms with van der Waals surface area (Å²) in [7, 11) is 0. The second kappa shape index (κ2) is 8.25. The summed E-state index contributed by atoms with van der Waals surface area (Å²) >= 11 is 0.